The summed E-state index contributed by atoms with van der Waals surface area (Å²) in [6, 6.07) is 11.6. The number of sulfone groups is 1. The Morgan fingerprint density at radius 2 is 1.70 bits per heavy atom. The molecule has 7 heteroatoms. The van der Waals surface area contributed by atoms with E-state index in [9.17, 15) is 22.0 Å². The number of aryl methyl sites for hydroxylation is 1. The van der Waals surface area contributed by atoms with E-state index in [0.29, 0.717) is 0 Å². The second kappa shape index (κ2) is 6.87. The summed E-state index contributed by atoms with van der Waals surface area (Å²) in [5, 5.41) is 0. The van der Waals surface area contributed by atoms with Crippen LogP contribution in [0.5, 0.6) is 0 Å². The van der Waals surface area contributed by atoms with Gasteiger partial charge in [-0.1, -0.05) is 24.3 Å². The van der Waals surface area contributed by atoms with Gasteiger partial charge < -0.3 is 4.74 Å². The van der Waals surface area contributed by atoms with Crippen LogP contribution >= 0.6 is 0 Å². The SMILES string of the molecule is Cc1ccccc1COC(=O)c1ccc(S(=O)(=O)C(F)F)cc1. The Morgan fingerprint density at radius 1 is 1.09 bits per heavy atom. The van der Waals surface area contributed by atoms with Crippen molar-refractivity contribution >= 4 is 15.8 Å². The lowest BCUT2D eigenvalue weighted by Crippen LogP contribution is -2.12. The molecule has 0 saturated heterocycles. The van der Waals surface area contributed by atoms with E-state index in [1.54, 1.807) is 0 Å². The number of halogens is 2. The Bertz CT molecular complexity index is 799. The molecule has 0 aliphatic rings. The molecule has 0 bridgehead atoms. The number of carbonyl (C=O) groups is 1. The number of ether oxygens (including phenoxy) is 1. The maximum atomic E-state index is 12.4. The zero-order chi connectivity index (χ0) is 17.0. The fourth-order valence-corrected chi connectivity index (χ4v) is 2.60. The van der Waals surface area contributed by atoms with Crippen LogP contribution in [-0.4, -0.2) is 20.1 Å². The molecule has 2 aromatic carbocycles. The van der Waals surface area contributed by atoms with E-state index in [2.05, 4.69) is 0 Å². The number of alkyl halides is 2. The van der Waals surface area contributed by atoms with Crippen LogP contribution in [0.25, 0.3) is 0 Å². The highest BCUT2D eigenvalue weighted by atomic mass is 32.2. The summed E-state index contributed by atoms with van der Waals surface area (Å²) in [6.45, 7) is 1.95. The van der Waals surface area contributed by atoms with E-state index in [1.807, 2.05) is 31.2 Å². The highest BCUT2D eigenvalue weighted by molar-refractivity contribution is 7.91. The molecule has 0 unspecified atom stereocenters. The number of rotatable bonds is 5. The lowest BCUT2D eigenvalue weighted by molar-refractivity contribution is 0.0472. The predicted octanol–water partition coefficient (Wildman–Crippen LogP) is 3.35. The summed E-state index contributed by atoms with van der Waals surface area (Å²) in [5.74, 6) is -4.16. The highest BCUT2D eigenvalue weighted by Gasteiger charge is 2.26. The maximum absolute atomic E-state index is 12.4. The van der Waals surface area contributed by atoms with Crippen molar-refractivity contribution in [3.05, 3.63) is 65.2 Å². The number of hydrogen-bond acceptors (Lipinski definition) is 4. The topological polar surface area (TPSA) is 60.4 Å². The standard InChI is InChI=1S/C16H14F2O4S/c1-11-4-2-3-5-13(11)10-22-15(19)12-6-8-14(9-7-12)23(20,21)16(17)18/h2-9,16H,10H2,1H3. The van der Waals surface area contributed by atoms with Crippen molar-refractivity contribution in [1.29, 1.82) is 0 Å². The molecular formula is C16H14F2O4S. The predicted molar refractivity (Wildman–Crippen MR) is 79.9 cm³/mol. The van der Waals surface area contributed by atoms with Crippen LogP contribution in [0.2, 0.25) is 0 Å². The second-order valence-corrected chi connectivity index (χ2v) is 6.75. The first-order chi connectivity index (χ1) is 10.8. The van der Waals surface area contributed by atoms with Crippen LogP contribution in [0.15, 0.2) is 53.4 Å². The van der Waals surface area contributed by atoms with Gasteiger partial charge in [-0.2, -0.15) is 8.78 Å². The van der Waals surface area contributed by atoms with Crippen LogP contribution < -0.4 is 0 Å². The number of esters is 1. The van der Waals surface area contributed by atoms with Crippen LogP contribution in [0.3, 0.4) is 0 Å². The molecule has 0 saturated carbocycles. The van der Waals surface area contributed by atoms with Gasteiger partial charge in [-0.05, 0) is 42.3 Å². The van der Waals surface area contributed by atoms with E-state index in [0.717, 1.165) is 35.4 Å². The Balaban J connectivity index is 2.08. The molecule has 23 heavy (non-hydrogen) atoms. The number of hydrogen-bond donors (Lipinski definition) is 0. The molecule has 0 amide bonds. The van der Waals surface area contributed by atoms with E-state index in [-0.39, 0.29) is 12.2 Å². The van der Waals surface area contributed by atoms with Gasteiger partial charge in [-0.15, -0.1) is 0 Å². The van der Waals surface area contributed by atoms with Crippen molar-refractivity contribution in [3.8, 4) is 0 Å². The lowest BCUT2D eigenvalue weighted by Gasteiger charge is -2.08. The smallest absolute Gasteiger partial charge is 0.341 e. The third-order valence-electron chi connectivity index (χ3n) is 3.27. The van der Waals surface area contributed by atoms with Crippen molar-refractivity contribution < 1.29 is 26.7 Å². The minimum Gasteiger partial charge on any atom is -0.457 e. The summed E-state index contributed by atoms with van der Waals surface area (Å²) in [5.41, 5.74) is 1.91. The minimum atomic E-state index is -4.67. The molecule has 2 aromatic rings. The van der Waals surface area contributed by atoms with Crippen molar-refractivity contribution in [2.24, 2.45) is 0 Å². The third-order valence-corrected chi connectivity index (χ3v) is 4.67. The molecule has 2 rings (SSSR count). The molecule has 0 radical (unpaired) electrons. The minimum absolute atomic E-state index is 0.0720. The van der Waals surface area contributed by atoms with Crippen LogP contribution in [0.4, 0.5) is 8.78 Å². The van der Waals surface area contributed by atoms with Crippen molar-refractivity contribution in [1.82, 2.24) is 0 Å². The second-order valence-electron chi connectivity index (χ2n) is 4.83. The summed E-state index contributed by atoms with van der Waals surface area (Å²) >= 11 is 0. The number of benzene rings is 2. The van der Waals surface area contributed by atoms with E-state index in [1.165, 1.54) is 0 Å². The van der Waals surface area contributed by atoms with E-state index >= 15 is 0 Å². The van der Waals surface area contributed by atoms with Crippen molar-refractivity contribution in [2.45, 2.75) is 24.2 Å². The van der Waals surface area contributed by atoms with E-state index < -0.39 is 26.5 Å². The Labute approximate surface area is 132 Å². The largest absolute Gasteiger partial charge is 0.457 e. The Kier molecular flexibility index (Phi) is 5.10. The fraction of sp³-hybridized carbons (Fsp3) is 0.188. The summed E-state index contributed by atoms with van der Waals surface area (Å²) in [4.78, 5) is 11.4. The molecule has 0 aromatic heterocycles. The molecule has 0 fully saturated rings. The first-order valence-electron chi connectivity index (χ1n) is 6.66. The summed E-state index contributed by atoms with van der Waals surface area (Å²) in [7, 11) is -4.67. The third kappa shape index (κ3) is 3.92. The zero-order valence-corrected chi connectivity index (χ0v) is 13.0. The van der Waals surface area contributed by atoms with Gasteiger partial charge in [0.2, 0.25) is 9.84 Å². The van der Waals surface area contributed by atoms with Crippen LogP contribution in [0.1, 0.15) is 21.5 Å². The molecule has 0 atom stereocenters. The van der Waals surface area contributed by atoms with Gasteiger partial charge >= 0.3 is 11.7 Å². The molecule has 0 N–H and O–H groups in total. The fourth-order valence-electron chi connectivity index (χ4n) is 1.88. The van der Waals surface area contributed by atoms with Gasteiger partial charge in [0, 0.05) is 0 Å². The van der Waals surface area contributed by atoms with Crippen molar-refractivity contribution in [2.75, 3.05) is 0 Å². The molecule has 4 nitrogen and oxygen atoms in total. The molecule has 122 valence electrons. The van der Waals surface area contributed by atoms with Gasteiger partial charge in [-0.3, -0.25) is 0 Å². The summed E-state index contributed by atoms with van der Waals surface area (Å²) < 4.78 is 52.6. The quantitative estimate of drug-likeness (QED) is 0.783. The molecule has 0 aliphatic heterocycles. The Hall–Kier alpha value is -2.28. The number of carbonyl (C=O) groups excluding carboxylic acids is 1. The van der Waals surface area contributed by atoms with Crippen LogP contribution in [-0.2, 0) is 21.2 Å². The average Bonchev–Trinajstić information content (AvgIpc) is 2.53. The van der Waals surface area contributed by atoms with E-state index in [4.69, 9.17) is 4.74 Å². The highest BCUT2D eigenvalue weighted by Crippen LogP contribution is 2.19. The monoisotopic (exact) mass is 340 g/mol. The molecule has 0 aliphatic carbocycles. The Morgan fingerprint density at radius 3 is 2.26 bits per heavy atom. The first-order valence-corrected chi connectivity index (χ1v) is 8.21. The zero-order valence-electron chi connectivity index (χ0n) is 12.2. The molecular weight excluding hydrogens is 326 g/mol. The lowest BCUT2D eigenvalue weighted by atomic mass is 10.1. The first kappa shape index (κ1) is 17.1. The van der Waals surface area contributed by atoms with Gasteiger partial charge in [0.15, 0.2) is 0 Å². The van der Waals surface area contributed by atoms with Crippen LogP contribution in [0, 0.1) is 6.92 Å². The van der Waals surface area contributed by atoms with Crippen molar-refractivity contribution in [3.63, 3.8) is 0 Å². The summed E-state index contributed by atoms with van der Waals surface area (Å²) in [6.07, 6.45) is 0. The molecule has 0 heterocycles. The van der Waals surface area contributed by atoms with Gasteiger partial charge in [0.25, 0.3) is 0 Å². The van der Waals surface area contributed by atoms with Gasteiger partial charge in [-0.25, -0.2) is 13.2 Å². The van der Waals surface area contributed by atoms with Gasteiger partial charge in [0.1, 0.15) is 6.61 Å². The maximum Gasteiger partial charge on any atom is 0.341 e. The normalized spacial score (nSPS) is 11.5. The van der Waals surface area contributed by atoms with Gasteiger partial charge in [0.05, 0.1) is 10.5 Å². The average molecular weight is 340 g/mol. The molecule has 0 spiro atoms.